The quantitative estimate of drug-likeness (QED) is 0.860. The zero-order valence-corrected chi connectivity index (χ0v) is 11.9. The van der Waals surface area contributed by atoms with E-state index in [9.17, 15) is 0 Å². The molecule has 18 heavy (non-hydrogen) atoms. The Hall–Kier alpha value is -1.02. The maximum Gasteiger partial charge on any atom is 0.0451 e. The Labute approximate surface area is 118 Å². The summed E-state index contributed by atoms with van der Waals surface area (Å²) >= 11 is 12.3. The normalized spacial score (nSPS) is 10.7. The average Bonchev–Trinajstić information content (AvgIpc) is 2.36. The van der Waals surface area contributed by atoms with Crippen molar-refractivity contribution in [2.75, 3.05) is 7.05 Å². The summed E-state index contributed by atoms with van der Waals surface area (Å²) in [5, 5.41) is 4.69. The van der Waals surface area contributed by atoms with Gasteiger partial charge in [0.05, 0.1) is 0 Å². The fourth-order valence-electron chi connectivity index (χ4n) is 1.85. The third-order valence-corrected chi connectivity index (χ3v) is 3.69. The van der Waals surface area contributed by atoms with Gasteiger partial charge in [-0.15, -0.1) is 0 Å². The lowest BCUT2D eigenvalue weighted by Crippen LogP contribution is -2.05. The van der Waals surface area contributed by atoms with Crippen molar-refractivity contribution in [1.82, 2.24) is 5.32 Å². The fourth-order valence-corrected chi connectivity index (χ4v) is 2.22. The molecule has 0 saturated carbocycles. The minimum absolute atomic E-state index is 0.756. The van der Waals surface area contributed by atoms with Gasteiger partial charge in [0.25, 0.3) is 0 Å². The summed E-state index contributed by atoms with van der Waals surface area (Å²) in [6.07, 6.45) is 0. The predicted molar refractivity (Wildman–Crippen MR) is 79.4 cm³/mol. The Morgan fingerprint density at radius 3 is 2.28 bits per heavy atom. The van der Waals surface area contributed by atoms with E-state index in [-0.39, 0.29) is 0 Å². The summed E-state index contributed by atoms with van der Waals surface area (Å²) in [4.78, 5) is 0. The summed E-state index contributed by atoms with van der Waals surface area (Å²) in [5.74, 6) is 0. The number of benzene rings is 2. The molecule has 2 aromatic rings. The Balaban J connectivity index is 2.44. The Morgan fingerprint density at radius 2 is 1.61 bits per heavy atom. The van der Waals surface area contributed by atoms with Gasteiger partial charge < -0.3 is 5.32 Å². The molecular formula is C15H15Cl2N. The maximum atomic E-state index is 6.16. The molecule has 0 saturated heterocycles. The Kier molecular flexibility index (Phi) is 4.28. The van der Waals surface area contributed by atoms with E-state index >= 15 is 0 Å². The highest BCUT2D eigenvalue weighted by atomic mass is 35.5. The van der Waals surface area contributed by atoms with Gasteiger partial charge in [0.15, 0.2) is 0 Å². The largest absolute Gasteiger partial charge is 0.316 e. The van der Waals surface area contributed by atoms with Crippen LogP contribution in [-0.2, 0) is 6.54 Å². The van der Waals surface area contributed by atoms with Gasteiger partial charge in [-0.1, -0.05) is 41.4 Å². The van der Waals surface area contributed by atoms with Crippen LogP contribution in [0.3, 0.4) is 0 Å². The molecule has 94 valence electrons. The zero-order chi connectivity index (χ0) is 13.1. The lowest BCUT2D eigenvalue weighted by atomic mass is 10.0. The standard InChI is InChI=1S/C15H15Cl2N/c1-10-3-4-12(8-15(10)17)11-5-6-14(16)13(7-11)9-18-2/h3-8,18H,9H2,1-2H3. The molecule has 0 aliphatic carbocycles. The molecule has 1 N–H and O–H groups in total. The van der Waals surface area contributed by atoms with Crippen LogP contribution in [0.4, 0.5) is 0 Å². The van der Waals surface area contributed by atoms with Crippen LogP contribution >= 0.6 is 23.2 Å². The van der Waals surface area contributed by atoms with Crippen molar-refractivity contribution in [3.8, 4) is 11.1 Å². The van der Waals surface area contributed by atoms with Gasteiger partial charge in [0.1, 0.15) is 0 Å². The smallest absolute Gasteiger partial charge is 0.0451 e. The first-order chi connectivity index (χ1) is 8.61. The molecule has 0 radical (unpaired) electrons. The van der Waals surface area contributed by atoms with E-state index in [2.05, 4.69) is 17.4 Å². The molecule has 0 spiro atoms. The minimum atomic E-state index is 0.756. The molecule has 0 bridgehead atoms. The molecule has 0 atom stereocenters. The van der Waals surface area contributed by atoms with Crippen LogP contribution in [0.25, 0.3) is 11.1 Å². The molecule has 0 aliphatic rings. The van der Waals surface area contributed by atoms with Crippen LogP contribution in [0.1, 0.15) is 11.1 Å². The number of hydrogen-bond acceptors (Lipinski definition) is 1. The van der Waals surface area contributed by atoms with Gasteiger partial charge in [-0.05, 0) is 54.4 Å². The molecule has 2 rings (SSSR count). The Morgan fingerprint density at radius 1 is 0.944 bits per heavy atom. The fraction of sp³-hybridized carbons (Fsp3) is 0.200. The van der Waals surface area contributed by atoms with Crippen molar-refractivity contribution >= 4 is 23.2 Å². The summed E-state index contributed by atoms with van der Waals surface area (Å²) < 4.78 is 0. The van der Waals surface area contributed by atoms with Crippen molar-refractivity contribution in [2.24, 2.45) is 0 Å². The first-order valence-electron chi connectivity index (χ1n) is 5.81. The lowest BCUT2D eigenvalue weighted by molar-refractivity contribution is 0.818. The second-order valence-electron chi connectivity index (χ2n) is 4.30. The lowest BCUT2D eigenvalue weighted by Gasteiger charge is -2.09. The molecule has 0 fully saturated rings. The molecule has 1 nitrogen and oxygen atoms in total. The highest BCUT2D eigenvalue weighted by Crippen LogP contribution is 2.28. The minimum Gasteiger partial charge on any atom is -0.316 e. The zero-order valence-electron chi connectivity index (χ0n) is 10.4. The molecule has 0 heterocycles. The maximum absolute atomic E-state index is 6.16. The van der Waals surface area contributed by atoms with Crippen LogP contribution < -0.4 is 5.32 Å². The first kappa shape index (κ1) is 13.4. The van der Waals surface area contributed by atoms with Crippen LogP contribution in [0, 0.1) is 6.92 Å². The van der Waals surface area contributed by atoms with Gasteiger partial charge in [-0.3, -0.25) is 0 Å². The number of nitrogens with one attached hydrogen (secondary N) is 1. The third kappa shape index (κ3) is 2.86. The third-order valence-electron chi connectivity index (χ3n) is 2.92. The number of halogens is 2. The highest BCUT2D eigenvalue weighted by molar-refractivity contribution is 6.32. The van der Waals surface area contributed by atoms with Crippen LogP contribution in [0.5, 0.6) is 0 Å². The van der Waals surface area contributed by atoms with Crippen molar-refractivity contribution in [3.63, 3.8) is 0 Å². The molecule has 0 aliphatic heterocycles. The van der Waals surface area contributed by atoms with Gasteiger partial charge in [0, 0.05) is 16.6 Å². The SMILES string of the molecule is CNCc1cc(-c2ccc(C)c(Cl)c2)ccc1Cl. The van der Waals surface area contributed by atoms with Gasteiger partial charge in [-0.2, -0.15) is 0 Å². The number of hydrogen-bond donors (Lipinski definition) is 1. The molecule has 0 unspecified atom stereocenters. The van der Waals surface area contributed by atoms with Crippen molar-refractivity contribution in [3.05, 3.63) is 57.6 Å². The molecule has 3 heteroatoms. The number of aryl methyl sites for hydroxylation is 1. The average molecular weight is 280 g/mol. The van der Waals surface area contributed by atoms with Gasteiger partial charge in [-0.25, -0.2) is 0 Å². The molecule has 0 aromatic heterocycles. The summed E-state index contributed by atoms with van der Waals surface area (Å²) in [6, 6.07) is 12.1. The second kappa shape index (κ2) is 5.75. The molecule has 2 aromatic carbocycles. The highest BCUT2D eigenvalue weighted by Gasteiger charge is 2.05. The van der Waals surface area contributed by atoms with E-state index in [1.165, 1.54) is 0 Å². The Bertz CT molecular complexity index is 564. The molecule has 0 amide bonds. The van der Waals surface area contributed by atoms with Crippen molar-refractivity contribution in [2.45, 2.75) is 13.5 Å². The summed E-state index contributed by atoms with van der Waals surface area (Å²) in [7, 11) is 1.91. The van der Waals surface area contributed by atoms with Crippen LogP contribution in [0.15, 0.2) is 36.4 Å². The molecular weight excluding hydrogens is 265 g/mol. The predicted octanol–water partition coefficient (Wildman–Crippen LogP) is 4.69. The van der Waals surface area contributed by atoms with Gasteiger partial charge in [0.2, 0.25) is 0 Å². The monoisotopic (exact) mass is 279 g/mol. The van der Waals surface area contributed by atoms with E-state index in [0.29, 0.717) is 0 Å². The topological polar surface area (TPSA) is 12.0 Å². The summed E-state index contributed by atoms with van der Waals surface area (Å²) in [5.41, 5.74) is 4.42. The first-order valence-corrected chi connectivity index (χ1v) is 6.57. The van der Waals surface area contributed by atoms with E-state index < -0.39 is 0 Å². The second-order valence-corrected chi connectivity index (χ2v) is 5.11. The van der Waals surface area contributed by atoms with E-state index in [4.69, 9.17) is 23.2 Å². The van der Waals surface area contributed by atoms with Crippen LogP contribution in [-0.4, -0.2) is 7.05 Å². The van der Waals surface area contributed by atoms with Crippen molar-refractivity contribution < 1.29 is 0 Å². The van der Waals surface area contributed by atoms with E-state index in [1.807, 2.05) is 38.2 Å². The van der Waals surface area contributed by atoms with Crippen LogP contribution in [0.2, 0.25) is 10.0 Å². The van der Waals surface area contributed by atoms with Crippen molar-refractivity contribution in [1.29, 1.82) is 0 Å². The number of rotatable bonds is 3. The van der Waals surface area contributed by atoms with E-state index in [1.54, 1.807) is 0 Å². The van der Waals surface area contributed by atoms with E-state index in [0.717, 1.165) is 38.8 Å². The van der Waals surface area contributed by atoms with Gasteiger partial charge >= 0.3 is 0 Å². The summed E-state index contributed by atoms with van der Waals surface area (Å²) in [6.45, 7) is 2.76.